The Bertz CT molecular complexity index is 579. The van der Waals surface area contributed by atoms with E-state index in [1.807, 2.05) is 6.92 Å². The molecule has 102 valence electrons. The molecule has 0 spiro atoms. The third-order valence-corrected chi connectivity index (χ3v) is 3.11. The first kappa shape index (κ1) is 13.4. The Morgan fingerprint density at radius 1 is 1.58 bits per heavy atom. The van der Waals surface area contributed by atoms with Crippen LogP contribution in [0.4, 0.5) is 5.69 Å². The van der Waals surface area contributed by atoms with Gasteiger partial charge < -0.3 is 16.2 Å². The molecule has 0 saturated heterocycles. The van der Waals surface area contributed by atoms with Gasteiger partial charge in [-0.1, -0.05) is 6.92 Å². The van der Waals surface area contributed by atoms with Crippen LogP contribution in [-0.4, -0.2) is 33.9 Å². The number of nitrogens with zero attached hydrogens (tertiary/aromatic N) is 1. The van der Waals surface area contributed by atoms with E-state index >= 15 is 0 Å². The van der Waals surface area contributed by atoms with Gasteiger partial charge in [-0.25, -0.2) is 0 Å². The number of aliphatic hydroxyl groups excluding tert-OH is 1. The Labute approximate surface area is 111 Å². The van der Waals surface area contributed by atoms with Crippen LogP contribution in [0.25, 0.3) is 10.9 Å². The highest BCUT2D eigenvalue weighted by molar-refractivity contribution is 6.05. The highest BCUT2D eigenvalue weighted by Crippen LogP contribution is 2.19. The van der Waals surface area contributed by atoms with Crippen molar-refractivity contribution >= 4 is 22.5 Å². The van der Waals surface area contributed by atoms with Crippen LogP contribution in [0, 0.1) is 0 Å². The van der Waals surface area contributed by atoms with Crippen molar-refractivity contribution in [1.82, 2.24) is 15.5 Å². The number of aromatic amines is 1. The molecular weight excluding hydrogens is 244 g/mol. The molecule has 0 radical (unpaired) electrons. The fourth-order valence-corrected chi connectivity index (χ4v) is 1.99. The Hall–Kier alpha value is -2.08. The molecule has 0 aliphatic rings. The summed E-state index contributed by atoms with van der Waals surface area (Å²) in [7, 11) is 0. The maximum absolute atomic E-state index is 12.2. The summed E-state index contributed by atoms with van der Waals surface area (Å²) in [6, 6.07) is 5.22. The van der Waals surface area contributed by atoms with Gasteiger partial charge in [-0.2, -0.15) is 5.10 Å². The SMILES string of the molecule is CCC(CCO)NC(=O)c1n[nH]c2ccc(N)cc12. The van der Waals surface area contributed by atoms with Crippen molar-refractivity contribution in [2.24, 2.45) is 0 Å². The first-order valence-corrected chi connectivity index (χ1v) is 6.31. The molecule has 6 heteroatoms. The van der Waals surface area contributed by atoms with Gasteiger partial charge in [-0.3, -0.25) is 9.89 Å². The third kappa shape index (κ3) is 2.85. The molecule has 2 aromatic rings. The van der Waals surface area contributed by atoms with E-state index in [0.717, 1.165) is 11.9 Å². The largest absolute Gasteiger partial charge is 0.399 e. The predicted molar refractivity (Wildman–Crippen MR) is 73.8 cm³/mol. The van der Waals surface area contributed by atoms with Gasteiger partial charge in [0.25, 0.3) is 5.91 Å². The molecule has 1 atom stereocenters. The molecule has 1 unspecified atom stereocenters. The fraction of sp³-hybridized carbons (Fsp3) is 0.385. The molecule has 0 aliphatic heterocycles. The van der Waals surface area contributed by atoms with Gasteiger partial charge in [0.2, 0.25) is 0 Å². The molecule has 1 amide bonds. The summed E-state index contributed by atoms with van der Waals surface area (Å²) in [6.45, 7) is 2.01. The van der Waals surface area contributed by atoms with Crippen molar-refractivity contribution in [2.75, 3.05) is 12.3 Å². The van der Waals surface area contributed by atoms with Crippen LogP contribution in [0.15, 0.2) is 18.2 Å². The van der Waals surface area contributed by atoms with Gasteiger partial charge in [-0.05, 0) is 31.0 Å². The summed E-state index contributed by atoms with van der Waals surface area (Å²) in [4.78, 5) is 12.2. The number of nitrogens with one attached hydrogen (secondary N) is 2. The van der Waals surface area contributed by atoms with Crippen molar-refractivity contribution < 1.29 is 9.90 Å². The molecule has 2 rings (SSSR count). The molecule has 5 N–H and O–H groups in total. The molecule has 6 nitrogen and oxygen atoms in total. The Kier molecular flexibility index (Phi) is 4.01. The number of amides is 1. The van der Waals surface area contributed by atoms with E-state index in [0.29, 0.717) is 23.2 Å². The number of rotatable bonds is 5. The van der Waals surface area contributed by atoms with Crippen molar-refractivity contribution in [3.05, 3.63) is 23.9 Å². The summed E-state index contributed by atoms with van der Waals surface area (Å²) >= 11 is 0. The summed E-state index contributed by atoms with van der Waals surface area (Å²) < 4.78 is 0. The van der Waals surface area contributed by atoms with Crippen molar-refractivity contribution in [3.63, 3.8) is 0 Å². The highest BCUT2D eigenvalue weighted by Gasteiger charge is 2.17. The maximum Gasteiger partial charge on any atom is 0.272 e. The van der Waals surface area contributed by atoms with E-state index in [9.17, 15) is 4.79 Å². The van der Waals surface area contributed by atoms with Crippen LogP contribution >= 0.6 is 0 Å². The first-order chi connectivity index (χ1) is 9.15. The van der Waals surface area contributed by atoms with Gasteiger partial charge in [0, 0.05) is 23.7 Å². The molecule has 0 saturated carbocycles. The zero-order chi connectivity index (χ0) is 13.8. The molecule has 1 heterocycles. The van der Waals surface area contributed by atoms with Crippen LogP contribution in [0.3, 0.4) is 0 Å². The number of carbonyl (C=O) groups is 1. The third-order valence-electron chi connectivity index (χ3n) is 3.11. The minimum Gasteiger partial charge on any atom is -0.399 e. The molecule has 1 aromatic heterocycles. The number of fused-ring (bicyclic) bond motifs is 1. The van der Waals surface area contributed by atoms with Crippen LogP contribution < -0.4 is 11.1 Å². The van der Waals surface area contributed by atoms with Crippen molar-refractivity contribution in [1.29, 1.82) is 0 Å². The van der Waals surface area contributed by atoms with E-state index in [1.165, 1.54) is 0 Å². The van der Waals surface area contributed by atoms with Crippen LogP contribution in [0.1, 0.15) is 30.3 Å². The lowest BCUT2D eigenvalue weighted by atomic mass is 10.1. The van der Waals surface area contributed by atoms with Gasteiger partial charge in [0.05, 0.1) is 5.52 Å². The molecule has 0 bridgehead atoms. The molecule has 0 aliphatic carbocycles. The fourth-order valence-electron chi connectivity index (χ4n) is 1.99. The second kappa shape index (κ2) is 5.71. The topological polar surface area (TPSA) is 104 Å². The van der Waals surface area contributed by atoms with Gasteiger partial charge in [0.15, 0.2) is 5.69 Å². The van der Waals surface area contributed by atoms with Gasteiger partial charge >= 0.3 is 0 Å². The van der Waals surface area contributed by atoms with Gasteiger partial charge in [-0.15, -0.1) is 0 Å². The molecule has 0 fully saturated rings. The number of hydrogen-bond acceptors (Lipinski definition) is 4. The molecular formula is C13H18N4O2. The zero-order valence-electron chi connectivity index (χ0n) is 10.8. The number of nitrogen functional groups attached to an aromatic ring is 1. The number of nitrogens with two attached hydrogens (primary N) is 1. The number of hydrogen-bond donors (Lipinski definition) is 4. The summed E-state index contributed by atoms with van der Waals surface area (Å²) in [5, 5.41) is 19.3. The number of aromatic nitrogens is 2. The average molecular weight is 262 g/mol. The Balaban J connectivity index is 2.23. The van der Waals surface area contributed by atoms with E-state index in [1.54, 1.807) is 18.2 Å². The monoisotopic (exact) mass is 262 g/mol. The number of benzene rings is 1. The maximum atomic E-state index is 12.2. The lowest BCUT2D eigenvalue weighted by Gasteiger charge is -2.14. The Morgan fingerprint density at radius 3 is 3.05 bits per heavy atom. The van der Waals surface area contributed by atoms with E-state index < -0.39 is 0 Å². The molecule has 19 heavy (non-hydrogen) atoms. The number of carbonyl (C=O) groups excluding carboxylic acids is 1. The van der Waals surface area contributed by atoms with E-state index in [2.05, 4.69) is 15.5 Å². The normalized spacial score (nSPS) is 12.5. The second-order valence-electron chi connectivity index (χ2n) is 4.47. The number of aliphatic hydroxyl groups is 1. The van der Waals surface area contributed by atoms with E-state index in [4.69, 9.17) is 10.8 Å². The minimum absolute atomic E-state index is 0.0487. The van der Waals surface area contributed by atoms with Crippen LogP contribution in [0.5, 0.6) is 0 Å². The number of H-pyrrole nitrogens is 1. The Morgan fingerprint density at radius 2 is 2.37 bits per heavy atom. The minimum atomic E-state index is -0.253. The highest BCUT2D eigenvalue weighted by atomic mass is 16.3. The summed E-state index contributed by atoms with van der Waals surface area (Å²) in [5.41, 5.74) is 7.41. The van der Waals surface area contributed by atoms with Crippen LogP contribution in [-0.2, 0) is 0 Å². The summed E-state index contributed by atoms with van der Waals surface area (Å²) in [6.07, 6.45) is 1.30. The van der Waals surface area contributed by atoms with Crippen LogP contribution in [0.2, 0.25) is 0 Å². The smallest absolute Gasteiger partial charge is 0.272 e. The lowest BCUT2D eigenvalue weighted by molar-refractivity contribution is 0.0925. The first-order valence-electron chi connectivity index (χ1n) is 6.31. The average Bonchev–Trinajstić information content (AvgIpc) is 2.81. The van der Waals surface area contributed by atoms with E-state index in [-0.39, 0.29) is 18.6 Å². The predicted octanol–water partition coefficient (Wildman–Crippen LogP) is 1.04. The van der Waals surface area contributed by atoms with Crippen molar-refractivity contribution in [3.8, 4) is 0 Å². The lowest BCUT2D eigenvalue weighted by Crippen LogP contribution is -2.35. The van der Waals surface area contributed by atoms with Gasteiger partial charge in [0.1, 0.15) is 0 Å². The zero-order valence-corrected chi connectivity index (χ0v) is 10.8. The summed E-state index contributed by atoms with van der Waals surface area (Å²) in [5.74, 6) is -0.253. The second-order valence-corrected chi connectivity index (χ2v) is 4.47. The number of anilines is 1. The standard InChI is InChI=1S/C13H18N4O2/c1-2-9(5-6-18)15-13(19)12-10-7-8(14)3-4-11(10)16-17-12/h3-4,7,9,18H,2,5-6,14H2,1H3,(H,15,19)(H,16,17). The quantitative estimate of drug-likeness (QED) is 0.604. The van der Waals surface area contributed by atoms with Crippen molar-refractivity contribution in [2.45, 2.75) is 25.8 Å². The molecule has 1 aromatic carbocycles.